The largest absolute Gasteiger partial charge is 0.493 e. The van der Waals surface area contributed by atoms with Crippen molar-refractivity contribution < 1.29 is 5.11 Å². The predicted molar refractivity (Wildman–Crippen MR) is 102 cm³/mol. The van der Waals surface area contributed by atoms with Crippen LogP contribution in [0.1, 0.15) is 23.2 Å². The number of rotatable bonds is 4. The van der Waals surface area contributed by atoms with Gasteiger partial charge in [0.2, 0.25) is 5.88 Å². The van der Waals surface area contributed by atoms with Crippen LogP contribution in [-0.4, -0.2) is 37.9 Å². The van der Waals surface area contributed by atoms with Crippen molar-refractivity contribution >= 4 is 11.6 Å². The highest BCUT2D eigenvalue weighted by Gasteiger charge is 2.28. The number of aryl methyl sites for hydroxylation is 1. The minimum absolute atomic E-state index is 0.211. The van der Waals surface area contributed by atoms with E-state index in [1.807, 2.05) is 30.3 Å². The Labute approximate surface area is 157 Å². The molecule has 4 rings (SSSR count). The summed E-state index contributed by atoms with van der Waals surface area (Å²) in [7, 11) is 2.13. The van der Waals surface area contributed by atoms with Crippen LogP contribution in [0.15, 0.2) is 48.7 Å². The van der Waals surface area contributed by atoms with E-state index in [9.17, 15) is 5.11 Å². The zero-order valence-corrected chi connectivity index (χ0v) is 15.4. The molecule has 1 atom stereocenters. The molecule has 1 N–H and O–H groups in total. The van der Waals surface area contributed by atoms with E-state index in [0.717, 1.165) is 42.1 Å². The summed E-state index contributed by atoms with van der Waals surface area (Å²) < 4.78 is 1.55. The van der Waals surface area contributed by atoms with Gasteiger partial charge in [-0.2, -0.15) is 9.78 Å². The van der Waals surface area contributed by atoms with Gasteiger partial charge in [-0.15, -0.1) is 0 Å². The van der Waals surface area contributed by atoms with E-state index in [0.29, 0.717) is 11.9 Å². The molecule has 0 aliphatic heterocycles. The summed E-state index contributed by atoms with van der Waals surface area (Å²) in [5, 5.41) is 16.0. The molecular weight excluding hydrogens is 348 g/mol. The normalized spacial score (nSPS) is 16.7. The third-order valence-corrected chi connectivity index (χ3v) is 5.28. The quantitative estimate of drug-likeness (QED) is 0.764. The molecule has 0 bridgehead atoms. The van der Waals surface area contributed by atoms with E-state index in [1.54, 1.807) is 10.9 Å². The Bertz CT molecular complexity index is 892. The first-order chi connectivity index (χ1) is 12.6. The number of pyridine rings is 1. The first kappa shape index (κ1) is 17.1. The first-order valence-electron chi connectivity index (χ1n) is 8.77. The van der Waals surface area contributed by atoms with Crippen LogP contribution in [0.5, 0.6) is 5.88 Å². The van der Waals surface area contributed by atoms with Crippen molar-refractivity contribution in [2.45, 2.75) is 31.8 Å². The van der Waals surface area contributed by atoms with E-state index in [1.165, 1.54) is 5.56 Å². The molecule has 0 fully saturated rings. The van der Waals surface area contributed by atoms with Crippen LogP contribution in [0, 0.1) is 0 Å². The molecule has 3 aromatic rings. The number of nitrogens with zero attached hydrogens (tertiary/aromatic N) is 4. The maximum absolute atomic E-state index is 10.7. The van der Waals surface area contributed by atoms with Crippen molar-refractivity contribution in [3.8, 4) is 11.7 Å². The van der Waals surface area contributed by atoms with E-state index in [4.69, 9.17) is 11.6 Å². The number of halogens is 1. The molecule has 1 unspecified atom stereocenters. The minimum Gasteiger partial charge on any atom is -0.493 e. The van der Waals surface area contributed by atoms with Gasteiger partial charge in [0.1, 0.15) is 0 Å². The molecule has 1 aliphatic rings. The number of hydrogen-bond acceptors (Lipinski definition) is 4. The number of benzene rings is 1. The van der Waals surface area contributed by atoms with Gasteiger partial charge in [-0.3, -0.25) is 4.90 Å². The molecule has 1 aromatic carbocycles. The standard InChI is InChI=1S/C20H21ClN4O/c1-24(13-14-5-7-15(21)8-6-14)16-9-10-18-17(12-16)20(26)25(23-18)19-4-2-3-11-22-19/h2-8,11,16,26H,9-10,12-13H2,1H3. The summed E-state index contributed by atoms with van der Waals surface area (Å²) in [5.41, 5.74) is 3.15. The van der Waals surface area contributed by atoms with Crippen LogP contribution >= 0.6 is 11.6 Å². The van der Waals surface area contributed by atoms with Crippen molar-refractivity contribution in [3.05, 3.63) is 70.5 Å². The van der Waals surface area contributed by atoms with Crippen molar-refractivity contribution in [1.82, 2.24) is 19.7 Å². The van der Waals surface area contributed by atoms with Crippen molar-refractivity contribution in [2.75, 3.05) is 7.05 Å². The van der Waals surface area contributed by atoms with E-state index < -0.39 is 0 Å². The van der Waals surface area contributed by atoms with Crippen LogP contribution in [-0.2, 0) is 19.4 Å². The van der Waals surface area contributed by atoms with Gasteiger partial charge < -0.3 is 5.11 Å². The molecule has 0 spiro atoms. The average Bonchev–Trinajstić information content (AvgIpc) is 3.00. The lowest BCUT2D eigenvalue weighted by Crippen LogP contribution is -2.35. The van der Waals surface area contributed by atoms with Crippen LogP contribution in [0.25, 0.3) is 5.82 Å². The van der Waals surface area contributed by atoms with E-state index in [-0.39, 0.29) is 5.88 Å². The molecule has 5 nitrogen and oxygen atoms in total. The molecule has 0 saturated heterocycles. The molecule has 0 amide bonds. The Morgan fingerprint density at radius 2 is 2.04 bits per heavy atom. The minimum atomic E-state index is 0.211. The SMILES string of the molecule is CN(Cc1ccc(Cl)cc1)C1CCc2nn(-c3ccccn3)c(O)c2C1. The van der Waals surface area contributed by atoms with Gasteiger partial charge in [-0.05, 0) is 56.1 Å². The molecule has 0 saturated carbocycles. The lowest BCUT2D eigenvalue weighted by atomic mass is 9.92. The summed E-state index contributed by atoms with van der Waals surface area (Å²) in [6.07, 6.45) is 4.38. The summed E-state index contributed by atoms with van der Waals surface area (Å²) in [4.78, 5) is 6.63. The smallest absolute Gasteiger partial charge is 0.219 e. The van der Waals surface area contributed by atoms with Gasteiger partial charge in [0, 0.05) is 29.4 Å². The molecule has 1 aliphatic carbocycles. The number of aromatic hydroxyl groups is 1. The van der Waals surface area contributed by atoms with Gasteiger partial charge in [0.05, 0.1) is 5.69 Å². The lowest BCUT2D eigenvalue weighted by Gasteiger charge is -2.30. The second kappa shape index (κ2) is 7.09. The Morgan fingerprint density at radius 1 is 1.23 bits per heavy atom. The molecule has 0 radical (unpaired) electrons. The van der Waals surface area contributed by atoms with Gasteiger partial charge in [-0.1, -0.05) is 29.8 Å². The number of likely N-dealkylation sites (N-methyl/N-ethyl adjacent to an activating group) is 1. The molecule has 2 aromatic heterocycles. The molecule has 2 heterocycles. The third-order valence-electron chi connectivity index (χ3n) is 5.03. The summed E-state index contributed by atoms with van der Waals surface area (Å²) in [6, 6.07) is 13.9. The van der Waals surface area contributed by atoms with Gasteiger partial charge in [0.15, 0.2) is 5.82 Å². The van der Waals surface area contributed by atoms with Gasteiger partial charge in [-0.25, -0.2) is 4.98 Å². The highest BCUT2D eigenvalue weighted by molar-refractivity contribution is 6.30. The number of aromatic nitrogens is 3. The maximum atomic E-state index is 10.7. The fraction of sp³-hybridized carbons (Fsp3) is 0.300. The monoisotopic (exact) mass is 368 g/mol. The Morgan fingerprint density at radius 3 is 2.77 bits per heavy atom. The number of hydrogen-bond donors (Lipinski definition) is 1. The zero-order chi connectivity index (χ0) is 18.1. The molecular formula is C20H21ClN4O. The van der Waals surface area contributed by atoms with Crippen LogP contribution < -0.4 is 0 Å². The molecule has 26 heavy (non-hydrogen) atoms. The average molecular weight is 369 g/mol. The van der Waals surface area contributed by atoms with Crippen molar-refractivity contribution in [2.24, 2.45) is 0 Å². The maximum Gasteiger partial charge on any atom is 0.219 e. The molecule has 6 heteroatoms. The zero-order valence-electron chi connectivity index (χ0n) is 14.6. The van der Waals surface area contributed by atoms with Gasteiger partial charge in [0.25, 0.3) is 0 Å². The summed E-state index contributed by atoms with van der Waals surface area (Å²) in [6.45, 7) is 0.853. The second-order valence-corrected chi connectivity index (χ2v) is 7.22. The highest BCUT2D eigenvalue weighted by atomic mass is 35.5. The fourth-order valence-electron chi connectivity index (χ4n) is 3.56. The molecule has 134 valence electrons. The van der Waals surface area contributed by atoms with E-state index in [2.05, 4.69) is 34.2 Å². The third kappa shape index (κ3) is 3.32. The number of fused-ring (bicyclic) bond motifs is 1. The Balaban J connectivity index is 1.52. The van der Waals surface area contributed by atoms with Gasteiger partial charge >= 0.3 is 0 Å². The first-order valence-corrected chi connectivity index (χ1v) is 9.15. The summed E-state index contributed by atoms with van der Waals surface area (Å²) >= 11 is 5.97. The topological polar surface area (TPSA) is 54.2 Å². The van der Waals surface area contributed by atoms with E-state index >= 15 is 0 Å². The van der Waals surface area contributed by atoms with Crippen LogP contribution in [0.3, 0.4) is 0 Å². The fourth-order valence-corrected chi connectivity index (χ4v) is 3.68. The highest BCUT2D eigenvalue weighted by Crippen LogP contribution is 2.32. The second-order valence-electron chi connectivity index (χ2n) is 6.79. The van der Waals surface area contributed by atoms with Crippen LogP contribution in [0.2, 0.25) is 5.02 Å². The Hall–Kier alpha value is -2.37. The summed E-state index contributed by atoms with van der Waals surface area (Å²) in [5.74, 6) is 0.855. The van der Waals surface area contributed by atoms with Crippen molar-refractivity contribution in [3.63, 3.8) is 0 Å². The lowest BCUT2D eigenvalue weighted by molar-refractivity contribution is 0.212. The van der Waals surface area contributed by atoms with Crippen LogP contribution in [0.4, 0.5) is 0 Å². The predicted octanol–water partition coefficient (Wildman–Crippen LogP) is 3.62. The Kier molecular flexibility index (Phi) is 4.66. The van der Waals surface area contributed by atoms with Crippen molar-refractivity contribution in [1.29, 1.82) is 0 Å².